The lowest BCUT2D eigenvalue weighted by molar-refractivity contribution is -0.123. The molecule has 1 aliphatic heterocycles. The number of aromatic hydroxyl groups is 1. The lowest BCUT2D eigenvalue weighted by Gasteiger charge is -2.16. The molecule has 1 saturated heterocycles. The topological polar surface area (TPSA) is 99.1 Å². The van der Waals surface area contributed by atoms with Crippen LogP contribution in [0.5, 0.6) is 11.5 Å². The molecule has 0 bridgehead atoms. The van der Waals surface area contributed by atoms with Crippen molar-refractivity contribution in [3.63, 3.8) is 0 Å². The van der Waals surface area contributed by atoms with Gasteiger partial charge in [-0.3, -0.25) is 14.5 Å². The second kappa shape index (κ2) is 12.5. The minimum atomic E-state index is -0.250. The van der Waals surface area contributed by atoms with Gasteiger partial charge in [0.15, 0.2) is 0 Å². The third-order valence-corrected chi connectivity index (χ3v) is 5.08. The molecule has 2 aromatic carbocycles. The smallest absolute Gasteiger partial charge is 0.290 e. The van der Waals surface area contributed by atoms with Crippen molar-refractivity contribution < 1.29 is 24.5 Å². The summed E-state index contributed by atoms with van der Waals surface area (Å²) in [6, 6.07) is 15.3. The number of rotatable bonds is 8. The van der Waals surface area contributed by atoms with E-state index in [4.69, 9.17) is 14.6 Å². The average molecular weight is 415 g/mol. The van der Waals surface area contributed by atoms with Gasteiger partial charge < -0.3 is 20.3 Å². The third kappa shape index (κ3) is 7.75. The first kappa shape index (κ1) is 23.2. The standard InChI is InChI=1S/C22H28N2O3.CH2O2/c1-27-21-8-3-2-6-19(21)9-11-23-22(26)16-24-12-10-18(15-24)13-17-5-4-7-20(25)14-17;2-1-3/h2-8,14,18,25H,9-13,15-16H2,1H3,(H,23,26);1H,(H,2,3). The van der Waals surface area contributed by atoms with Crippen molar-refractivity contribution in [3.8, 4) is 11.5 Å². The number of amides is 1. The fraction of sp³-hybridized carbons (Fsp3) is 0.391. The maximum absolute atomic E-state index is 12.2. The van der Waals surface area contributed by atoms with Gasteiger partial charge in [0.2, 0.25) is 5.91 Å². The largest absolute Gasteiger partial charge is 0.508 e. The maximum Gasteiger partial charge on any atom is 0.290 e. The molecule has 0 radical (unpaired) electrons. The molecule has 0 aliphatic carbocycles. The van der Waals surface area contributed by atoms with Gasteiger partial charge in [-0.2, -0.15) is 0 Å². The number of carbonyl (C=O) groups is 2. The van der Waals surface area contributed by atoms with E-state index in [1.807, 2.05) is 42.5 Å². The SMILES string of the molecule is COc1ccccc1CCNC(=O)CN1CCC(Cc2cccc(O)c2)C1.O=CO. The minimum Gasteiger partial charge on any atom is -0.508 e. The van der Waals surface area contributed by atoms with Crippen LogP contribution in [0.25, 0.3) is 0 Å². The second-order valence-corrected chi connectivity index (χ2v) is 7.28. The molecular weight excluding hydrogens is 384 g/mol. The zero-order valence-corrected chi connectivity index (χ0v) is 17.3. The van der Waals surface area contributed by atoms with Gasteiger partial charge in [0.1, 0.15) is 11.5 Å². The van der Waals surface area contributed by atoms with Crippen molar-refractivity contribution in [1.82, 2.24) is 10.2 Å². The zero-order valence-electron chi connectivity index (χ0n) is 17.3. The monoisotopic (exact) mass is 414 g/mol. The molecule has 1 fully saturated rings. The van der Waals surface area contributed by atoms with E-state index in [-0.39, 0.29) is 12.4 Å². The first-order chi connectivity index (χ1) is 14.5. The van der Waals surface area contributed by atoms with Crippen LogP contribution in [0.2, 0.25) is 0 Å². The maximum atomic E-state index is 12.2. The van der Waals surface area contributed by atoms with Crippen molar-refractivity contribution in [1.29, 1.82) is 0 Å². The first-order valence-corrected chi connectivity index (χ1v) is 10.0. The van der Waals surface area contributed by atoms with E-state index in [0.717, 1.165) is 49.2 Å². The zero-order chi connectivity index (χ0) is 21.8. The van der Waals surface area contributed by atoms with Crippen LogP contribution < -0.4 is 10.1 Å². The number of phenols is 1. The molecule has 7 nitrogen and oxygen atoms in total. The fourth-order valence-electron chi connectivity index (χ4n) is 3.74. The Morgan fingerprint density at radius 3 is 2.77 bits per heavy atom. The number of hydrogen-bond donors (Lipinski definition) is 3. The number of carboxylic acid groups (broad SMARTS) is 1. The molecule has 1 amide bonds. The van der Waals surface area contributed by atoms with Crippen molar-refractivity contribution in [3.05, 3.63) is 59.7 Å². The van der Waals surface area contributed by atoms with Crippen molar-refractivity contribution in [2.45, 2.75) is 19.3 Å². The number of nitrogens with one attached hydrogen (secondary N) is 1. The quantitative estimate of drug-likeness (QED) is 0.574. The van der Waals surface area contributed by atoms with E-state index in [9.17, 15) is 9.90 Å². The Hall–Kier alpha value is -3.06. The van der Waals surface area contributed by atoms with Crippen LogP contribution in [0.4, 0.5) is 0 Å². The number of phenolic OH excluding ortho intramolecular Hbond substituents is 1. The average Bonchev–Trinajstić information content (AvgIpc) is 3.15. The van der Waals surface area contributed by atoms with Crippen LogP contribution >= 0.6 is 0 Å². The van der Waals surface area contributed by atoms with Gasteiger partial charge in [-0.1, -0.05) is 30.3 Å². The number of ether oxygens (including phenoxy) is 1. The number of nitrogens with zero attached hydrogens (tertiary/aromatic N) is 1. The second-order valence-electron chi connectivity index (χ2n) is 7.28. The van der Waals surface area contributed by atoms with Crippen molar-refractivity contribution in [2.75, 3.05) is 33.3 Å². The van der Waals surface area contributed by atoms with Gasteiger partial charge in [-0.25, -0.2) is 0 Å². The summed E-state index contributed by atoms with van der Waals surface area (Å²) < 4.78 is 5.34. The third-order valence-electron chi connectivity index (χ3n) is 5.08. The summed E-state index contributed by atoms with van der Waals surface area (Å²) in [4.78, 5) is 22.8. The number of para-hydroxylation sites is 1. The number of methoxy groups -OCH3 is 1. The summed E-state index contributed by atoms with van der Waals surface area (Å²) in [5.41, 5.74) is 2.26. The molecule has 2 aromatic rings. The normalized spacial score (nSPS) is 15.7. The number of benzene rings is 2. The Balaban J connectivity index is 0.00000101. The van der Waals surface area contributed by atoms with Crippen LogP contribution in [0.15, 0.2) is 48.5 Å². The summed E-state index contributed by atoms with van der Waals surface area (Å²) in [5, 5.41) is 19.5. The van der Waals surface area contributed by atoms with Crippen LogP contribution in [-0.2, 0) is 22.4 Å². The molecule has 1 heterocycles. The highest BCUT2D eigenvalue weighted by Crippen LogP contribution is 2.22. The van der Waals surface area contributed by atoms with Gasteiger partial charge in [-0.05, 0) is 61.1 Å². The molecular formula is C23H30N2O5. The Morgan fingerprint density at radius 2 is 2.03 bits per heavy atom. The van der Waals surface area contributed by atoms with E-state index in [0.29, 0.717) is 24.8 Å². The number of hydrogen-bond acceptors (Lipinski definition) is 5. The van der Waals surface area contributed by atoms with E-state index < -0.39 is 0 Å². The van der Waals surface area contributed by atoms with E-state index in [2.05, 4.69) is 10.2 Å². The molecule has 0 saturated carbocycles. The molecule has 0 aromatic heterocycles. The summed E-state index contributed by atoms with van der Waals surface area (Å²) in [6.45, 7) is 2.68. The Kier molecular flexibility index (Phi) is 9.67. The fourth-order valence-corrected chi connectivity index (χ4v) is 3.74. The van der Waals surface area contributed by atoms with Gasteiger partial charge >= 0.3 is 0 Å². The van der Waals surface area contributed by atoms with Gasteiger partial charge in [0, 0.05) is 13.1 Å². The van der Waals surface area contributed by atoms with Crippen molar-refractivity contribution in [2.24, 2.45) is 5.92 Å². The van der Waals surface area contributed by atoms with Crippen LogP contribution in [0.1, 0.15) is 17.5 Å². The summed E-state index contributed by atoms with van der Waals surface area (Å²) >= 11 is 0. The van der Waals surface area contributed by atoms with E-state index in [1.165, 1.54) is 0 Å². The minimum absolute atomic E-state index is 0.0721. The highest BCUT2D eigenvalue weighted by molar-refractivity contribution is 5.78. The highest BCUT2D eigenvalue weighted by Gasteiger charge is 2.24. The Labute approximate surface area is 177 Å². The highest BCUT2D eigenvalue weighted by atomic mass is 16.5. The van der Waals surface area contributed by atoms with Crippen molar-refractivity contribution >= 4 is 12.4 Å². The summed E-state index contributed by atoms with van der Waals surface area (Å²) in [6.07, 6.45) is 2.79. The summed E-state index contributed by atoms with van der Waals surface area (Å²) in [5.74, 6) is 1.79. The lowest BCUT2D eigenvalue weighted by Crippen LogP contribution is -2.37. The molecule has 1 aliphatic rings. The molecule has 3 rings (SSSR count). The lowest BCUT2D eigenvalue weighted by atomic mass is 9.99. The van der Waals surface area contributed by atoms with Crippen LogP contribution in [0.3, 0.4) is 0 Å². The molecule has 162 valence electrons. The predicted molar refractivity (Wildman–Crippen MR) is 115 cm³/mol. The van der Waals surface area contributed by atoms with E-state index in [1.54, 1.807) is 13.2 Å². The first-order valence-electron chi connectivity index (χ1n) is 10.0. The Morgan fingerprint density at radius 1 is 1.27 bits per heavy atom. The molecule has 7 heteroatoms. The molecule has 30 heavy (non-hydrogen) atoms. The predicted octanol–water partition coefficient (Wildman–Crippen LogP) is 2.32. The molecule has 3 N–H and O–H groups in total. The molecule has 1 unspecified atom stereocenters. The van der Waals surface area contributed by atoms with Crippen LogP contribution in [0, 0.1) is 5.92 Å². The van der Waals surface area contributed by atoms with Gasteiger partial charge in [0.25, 0.3) is 6.47 Å². The van der Waals surface area contributed by atoms with Crippen LogP contribution in [-0.4, -0.2) is 60.8 Å². The summed E-state index contributed by atoms with van der Waals surface area (Å²) in [7, 11) is 1.66. The van der Waals surface area contributed by atoms with E-state index >= 15 is 0 Å². The van der Waals surface area contributed by atoms with Gasteiger partial charge in [0.05, 0.1) is 13.7 Å². The number of carbonyl (C=O) groups excluding carboxylic acids is 1. The Bertz CT molecular complexity index is 812. The number of likely N-dealkylation sites (tertiary alicyclic amines) is 1. The molecule has 1 atom stereocenters. The molecule has 0 spiro atoms. The van der Waals surface area contributed by atoms with Gasteiger partial charge in [-0.15, -0.1) is 0 Å².